The first kappa shape index (κ1) is 20.5. The van der Waals surface area contributed by atoms with Gasteiger partial charge in [-0.1, -0.05) is 17.7 Å². The molecule has 1 amide bonds. The maximum absolute atomic E-state index is 12.8. The molecule has 1 aliphatic heterocycles. The minimum atomic E-state index is -3.56. The van der Waals surface area contributed by atoms with Gasteiger partial charge in [0.2, 0.25) is 15.9 Å². The number of nitrogens with zero attached hydrogens (tertiary/aromatic N) is 1. The lowest BCUT2D eigenvalue weighted by molar-refractivity contribution is -0.120. The lowest BCUT2D eigenvalue weighted by Crippen LogP contribution is -2.41. The summed E-state index contributed by atoms with van der Waals surface area (Å²) >= 11 is 1.20. The number of ether oxygens (including phenoxy) is 1. The van der Waals surface area contributed by atoms with Crippen molar-refractivity contribution in [1.82, 2.24) is 4.31 Å². The van der Waals surface area contributed by atoms with Gasteiger partial charge < -0.3 is 10.1 Å². The number of methoxy groups -OCH3 is 1. The molecule has 1 saturated heterocycles. The summed E-state index contributed by atoms with van der Waals surface area (Å²) in [6.07, 6.45) is 0.850. The number of benzene rings is 1. The van der Waals surface area contributed by atoms with E-state index in [-0.39, 0.29) is 29.8 Å². The van der Waals surface area contributed by atoms with E-state index < -0.39 is 16.0 Å². The summed E-state index contributed by atoms with van der Waals surface area (Å²) in [6, 6.07) is 8.41. The van der Waals surface area contributed by atoms with Crippen LogP contribution < -0.4 is 5.32 Å². The Morgan fingerprint density at radius 3 is 2.39 bits per heavy atom. The van der Waals surface area contributed by atoms with Crippen LogP contribution in [-0.2, 0) is 19.6 Å². The molecule has 9 heteroatoms. The van der Waals surface area contributed by atoms with Gasteiger partial charge in [0.1, 0.15) is 4.88 Å². The summed E-state index contributed by atoms with van der Waals surface area (Å²) in [5.41, 5.74) is 1.42. The van der Waals surface area contributed by atoms with E-state index in [2.05, 4.69) is 5.32 Å². The second-order valence-electron chi connectivity index (χ2n) is 6.64. The van der Waals surface area contributed by atoms with E-state index in [1.807, 2.05) is 6.92 Å². The Bertz CT molecular complexity index is 958. The van der Waals surface area contributed by atoms with Crippen molar-refractivity contribution in [3.05, 3.63) is 46.2 Å². The molecule has 150 valence electrons. The molecule has 1 fully saturated rings. The standard InChI is InChI=1S/C19H22N2O5S2/c1-13-3-5-15(6-4-13)28(24,25)21-10-7-14(8-11-21)18(22)20-16-9-12-27-17(16)19(23)26-2/h3-6,9,12,14H,7-8,10-11H2,1-2H3,(H,20,22). The Morgan fingerprint density at radius 2 is 1.79 bits per heavy atom. The van der Waals surface area contributed by atoms with E-state index in [4.69, 9.17) is 4.74 Å². The lowest BCUT2D eigenvalue weighted by Gasteiger charge is -2.30. The molecule has 0 radical (unpaired) electrons. The predicted octanol–water partition coefficient (Wildman–Crippen LogP) is 2.88. The zero-order chi connectivity index (χ0) is 20.3. The zero-order valence-corrected chi connectivity index (χ0v) is 17.3. The molecule has 0 spiro atoms. The number of nitrogens with one attached hydrogen (secondary N) is 1. The maximum Gasteiger partial charge on any atom is 0.350 e. The Kier molecular flexibility index (Phi) is 6.17. The summed E-state index contributed by atoms with van der Waals surface area (Å²) in [7, 11) is -2.27. The quantitative estimate of drug-likeness (QED) is 0.748. The first-order chi connectivity index (χ1) is 13.3. The number of sulfonamides is 1. The van der Waals surface area contributed by atoms with Gasteiger partial charge in [-0.05, 0) is 43.3 Å². The minimum absolute atomic E-state index is 0.212. The molecular formula is C19H22N2O5S2. The largest absolute Gasteiger partial charge is 0.465 e. The van der Waals surface area contributed by atoms with Crippen LogP contribution in [0.5, 0.6) is 0 Å². The number of thiophene rings is 1. The molecule has 0 saturated carbocycles. The molecule has 28 heavy (non-hydrogen) atoms. The smallest absolute Gasteiger partial charge is 0.350 e. The summed E-state index contributed by atoms with van der Waals surface area (Å²) in [5, 5.41) is 4.48. The highest BCUT2D eigenvalue weighted by Gasteiger charge is 2.32. The number of esters is 1. The highest BCUT2D eigenvalue weighted by Crippen LogP contribution is 2.27. The van der Waals surface area contributed by atoms with Crippen molar-refractivity contribution in [2.24, 2.45) is 5.92 Å². The van der Waals surface area contributed by atoms with Crippen molar-refractivity contribution in [3.8, 4) is 0 Å². The van der Waals surface area contributed by atoms with Crippen molar-refractivity contribution < 1.29 is 22.7 Å². The molecule has 1 aromatic carbocycles. The predicted molar refractivity (Wildman–Crippen MR) is 107 cm³/mol. The molecular weight excluding hydrogens is 400 g/mol. The van der Waals surface area contributed by atoms with E-state index in [1.165, 1.54) is 22.8 Å². The van der Waals surface area contributed by atoms with Gasteiger partial charge in [0, 0.05) is 19.0 Å². The first-order valence-electron chi connectivity index (χ1n) is 8.86. The van der Waals surface area contributed by atoms with Gasteiger partial charge in [0.05, 0.1) is 17.7 Å². The number of anilines is 1. The summed E-state index contributed by atoms with van der Waals surface area (Å²) < 4.78 is 31.7. The van der Waals surface area contributed by atoms with Gasteiger partial charge in [-0.25, -0.2) is 13.2 Å². The number of aryl methyl sites for hydroxylation is 1. The highest BCUT2D eigenvalue weighted by atomic mass is 32.2. The fraction of sp³-hybridized carbons (Fsp3) is 0.368. The molecule has 7 nitrogen and oxygen atoms in total. The van der Waals surface area contributed by atoms with E-state index in [0.29, 0.717) is 23.4 Å². The van der Waals surface area contributed by atoms with Crippen molar-refractivity contribution in [3.63, 3.8) is 0 Å². The van der Waals surface area contributed by atoms with Crippen LogP contribution in [-0.4, -0.2) is 44.8 Å². The van der Waals surface area contributed by atoms with Crippen LogP contribution in [0.4, 0.5) is 5.69 Å². The van der Waals surface area contributed by atoms with Crippen LogP contribution in [0.3, 0.4) is 0 Å². The number of carbonyl (C=O) groups excluding carboxylic acids is 2. The van der Waals surface area contributed by atoms with Crippen molar-refractivity contribution in [2.75, 3.05) is 25.5 Å². The molecule has 1 aromatic heterocycles. The number of carbonyl (C=O) groups is 2. The van der Waals surface area contributed by atoms with Gasteiger partial charge in [-0.15, -0.1) is 11.3 Å². The van der Waals surface area contributed by atoms with E-state index in [9.17, 15) is 18.0 Å². The molecule has 3 rings (SSSR count). The van der Waals surface area contributed by atoms with Crippen molar-refractivity contribution >= 4 is 38.9 Å². The van der Waals surface area contributed by atoms with Crippen LogP contribution in [0.1, 0.15) is 28.1 Å². The van der Waals surface area contributed by atoms with Gasteiger partial charge in [-0.3, -0.25) is 4.79 Å². The number of rotatable bonds is 5. The third-order valence-corrected chi connectivity index (χ3v) is 7.58. The molecule has 1 N–H and O–H groups in total. The Labute approximate surface area is 168 Å². The molecule has 2 aromatic rings. The number of hydrogen-bond acceptors (Lipinski definition) is 6. The van der Waals surface area contributed by atoms with Gasteiger partial charge in [0.25, 0.3) is 0 Å². The SMILES string of the molecule is COC(=O)c1sccc1NC(=O)C1CCN(S(=O)(=O)c2ccc(C)cc2)CC1. The Morgan fingerprint density at radius 1 is 1.14 bits per heavy atom. The van der Waals surface area contributed by atoms with Crippen LogP contribution in [0.2, 0.25) is 0 Å². The van der Waals surface area contributed by atoms with Crippen LogP contribution in [0.15, 0.2) is 40.6 Å². The molecule has 0 atom stereocenters. The monoisotopic (exact) mass is 422 g/mol. The fourth-order valence-corrected chi connectivity index (χ4v) is 5.35. The molecule has 0 bridgehead atoms. The Balaban J connectivity index is 1.62. The van der Waals surface area contributed by atoms with E-state index in [0.717, 1.165) is 5.56 Å². The summed E-state index contributed by atoms with van der Waals surface area (Å²) in [6.45, 7) is 2.46. The second kappa shape index (κ2) is 8.42. The van der Waals surface area contributed by atoms with Crippen LogP contribution in [0.25, 0.3) is 0 Å². The Hall–Kier alpha value is -2.23. The third kappa shape index (κ3) is 4.26. The third-order valence-electron chi connectivity index (χ3n) is 4.78. The van der Waals surface area contributed by atoms with Crippen molar-refractivity contribution in [2.45, 2.75) is 24.7 Å². The number of piperidine rings is 1. The first-order valence-corrected chi connectivity index (χ1v) is 11.2. The van der Waals surface area contributed by atoms with Crippen molar-refractivity contribution in [1.29, 1.82) is 0 Å². The van der Waals surface area contributed by atoms with Gasteiger partial charge in [-0.2, -0.15) is 4.31 Å². The lowest BCUT2D eigenvalue weighted by atomic mass is 9.97. The number of amides is 1. The average Bonchev–Trinajstić information content (AvgIpc) is 3.16. The van der Waals surface area contributed by atoms with Gasteiger partial charge >= 0.3 is 5.97 Å². The second-order valence-corrected chi connectivity index (χ2v) is 9.49. The summed E-state index contributed by atoms with van der Waals surface area (Å²) in [4.78, 5) is 24.9. The zero-order valence-electron chi connectivity index (χ0n) is 15.7. The summed E-state index contributed by atoms with van der Waals surface area (Å²) in [5.74, 6) is -1.02. The minimum Gasteiger partial charge on any atom is -0.465 e. The molecule has 2 heterocycles. The van der Waals surface area contributed by atoms with Crippen LogP contribution in [0, 0.1) is 12.8 Å². The maximum atomic E-state index is 12.8. The normalized spacial score (nSPS) is 15.9. The fourth-order valence-electron chi connectivity index (χ4n) is 3.11. The molecule has 0 unspecified atom stereocenters. The van der Waals surface area contributed by atoms with E-state index >= 15 is 0 Å². The topological polar surface area (TPSA) is 92.8 Å². The highest BCUT2D eigenvalue weighted by molar-refractivity contribution is 7.89. The number of hydrogen-bond donors (Lipinski definition) is 1. The molecule has 0 aliphatic carbocycles. The van der Waals surface area contributed by atoms with Gasteiger partial charge in [0.15, 0.2) is 0 Å². The van der Waals surface area contributed by atoms with Crippen LogP contribution >= 0.6 is 11.3 Å². The average molecular weight is 423 g/mol. The van der Waals surface area contributed by atoms with E-state index in [1.54, 1.807) is 35.7 Å². The molecule has 1 aliphatic rings.